The van der Waals surface area contributed by atoms with Crippen LogP contribution >= 0.6 is 0 Å². The van der Waals surface area contributed by atoms with Crippen LogP contribution in [0.4, 0.5) is 0 Å². The van der Waals surface area contributed by atoms with Gasteiger partial charge >= 0.3 is 0 Å². The van der Waals surface area contributed by atoms with E-state index in [1.807, 2.05) is 0 Å². The monoisotopic (exact) mass is 362 g/mol. The molecule has 0 spiro atoms. The van der Waals surface area contributed by atoms with Gasteiger partial charge in [-0.3, -0.25) is 0 Å². The van der Waals surface area contributed by atoms with Gasteiger partial charge in [0.05, 0.1) is 12.1 Å². The van der Waals surface area contributed by atoms with Crippen molar-refractivity contribution in [2.45, 2.75) is 52.4 Å². The lowest BCUT2D eigenvalue weighted by atomic mass is 9.81. The molecular weight excluding hydrogens is 336 g/mol. The quantitative estimate of drug-likeness (QED) is 0.441. The van der Waals surface area contributed by atoms with Crippen LogP contribution in [0.15, 0.2) is 0 Å². The molecule has 0 heterocycles. The summed E-state index contributed by atoms with van der Waals surface area (Å²) in [6.07, 6.45) is 3.74. The maximum absolute atomic E-state index is 9.41. The zero-order chi connectivity index (χ0) is 20.1. The third-order valence-corrected chi connectivity index (χ3v) is 3.54. The minimum Gasteiger partial charge on any atom is -0.356 e. The van der Waals surface area contributed by atoms with Gasteiger partial charge < -0.3 is 9.47 Å². The topological polar surface area (TPSA) is 66.0 Å². The minimum absolute atomic E-state index is 0.351. The summed E-state index contributed by atoms with van der Waals surface area (Å²) in [6.45, 7) is 5.00. The van der Waals surface area contributed by atoms with Gasteiger partial charge in [-0.15, -0.1) is 23.7 Å². The third-order valence-electron chi connectivity index (χ3n) is 3.54. The number of nitriles is 2. The van der Waals surface area contributed by atoms with Crippen LogP contribution in [0.25, 0.3) is 0 Å². The van der Waals surface area contributed by atoms with Crippen molar-refractivity contribution < 1.29 is 9.47 Å². The molecule has 0 aliphatic rings. The molecular formula is C23H26N2O2. The Hall–Kier alpha value is -2.86. The Bertz CT molecular complexity index is 674. The maximum Gasteiger partial charge on any atom is 0.143 e. The van der Waals surface area contributed by atoms with Gasteiger partial charge in [0.25, 0.3) is 0 Å². The lowest BCUT2D eigenvalue weighted by Crippen LogP contribution is -2.16. The van der Waals surface area contributed by atoms with E-state index in [0.29, 0.717) is 65.0 Å². The van der Waals surface area contributed by atoms with E-state index in [9.17, 15) is 10.5 Å². The number of rotatable bonds is 10. The van der Waals surface area contributed by atoms with Gasteiger partial charge in [-0.25, -0.2) is 0 Å². The summed E-state index contributed by atoms with van der Waals surface area (Å²) in [7, 11) is 0. The van der Waals surface area contributed by atoms with Gasteiger partial charge in [-0.05, 0) is 39.5 Å². The molecule has 0 fully saturated rings. The highest BCUT2D eigenvalue weighted by Gasteiger charge is 2.28. The Morgan fingerprint density at radius 1 is 0.630 bits per heavy atom. The average Bonchev–Trinajstić information content (AvgIpc) is 2.70. The maximum atomic E-state index is 9.41. The van der Waals surface area contributed by atoms with Gasteiger partial charge in [0.1, 0.15) is 31.8 Å². The van der Waals surface area contributed by atoms with Crippen LogP contribution in [-0.4, -0.2) is 26.4 Å². The largest absolute Gasteiger partial charge is 0.356 e. The summed E-state index contributed by atoms with van der Waals surface area (Å²) in [5.74, 6) is 22.9. The smallest absolute Gasteiger partial charge is 0.143 e. The molecule has 0 atom stereocenters. The van der Waals surface area contributed by atoms with Crippen LogP contribution in [-0.2, 0) is 9.47 Å². The van der Waals surface area contributed by atoms with E-state index in [1.165, 1.54) is 0 Å². The predicted molar refractivity (Wildman–Crippen MR) is 105 cm³/mol. The number of hydrogen-bond acceptors (Lipinski definition) is 4. The van der Waals surface area contributed by atoms with Gasteiger partial charge in [0, 0.05) is 12.8 Å². The standard InChI is InChI=1S/C23H26N2O2/c1-3-5-17-26-19-13-9-7-11-15-23(21-24,22-25)16-12-8-10-14-20-27-18-6-4-2/h7-8,11-12,15-20H2,1-2H3. The summed E-state index contributed by atoms with van der Waals surface area (Å²) >= 11 is 0. The first-order valence-corrected chi connectivity index (χ1v) is 8.93. The van der Waals surface area contributed by atoms with Crippen molar-refractivity contribution in [3.8, 4) is 59.5 Å². The highest BCUT2D eigenvalue weighted by atomic mass is 16.5. The minimum atomic E-state index is -0.955. The molecule has 0 aromatic carbocycles. The molecule has 0 aliphatic carbocycles. The van der Waals surface area contributed by atoms with Crippen LogP contribution in [0.3, 0.4) is 0 Å². The fourth-order valence-electron chi connectivity index (χ4n) is 2.06. The number of nitrogens with zero attached hydrogens (tertiary/aromatic N) is 2. The van der Waals surface area contributed by atoms with Crippen molar-refractivity contribution in [1.82, 2.24) is 0 Å². The first-order chi connectivity index (χ1) is 13.2. The molecule has 0 unspecified atom stereocenters. The van der Waals surface area contributed by atoms with E-state index in [0.717, 1.165) is 0 Å². The lowest BCUT2D eigenvalue weighted by Gasteiger charge is -2.16. The molecule has 0 saturated heterocycles. The van der Waals surface area contributed by atoms with Crippen molar-refractivity contribution in [1.29, 1.82) is 10.5 Å². The molecule has 4 heteroatoms. The average molecular weight is 362 g/mol. The highest BCUT2D eigenvalue weighted by molar-refractivity contribution is 5.14. The first kappa shape index (κ1) is 24.1. The second kappa shape index (κ2) is 17.9. The molecule has 0 saturated carbocycles. The fraction of sp³-hybridized carbons (Fsp3) is 0.565. The SMILES string of the molecule is CC#CCOCC#CCCCC(C#N)(C#N)CCCC#CCOCC#CC. The molecule has 0 radical (unpaired) electrons. The molecule has 0 amide bonds. The van der Waals surface area contributed by atoms with Crippen molar-refractivity contribution in [2.24, 2.45) is 5.41 Å². The van der Waals surface area contributed by atoms with Crippen LogP contribution in [0, 0.1) is 75.4 Å². The normalized spacial score (nSPS) is 8.89. The van der Waals surface area contributed by atoms with Gasteiger partial charge in [0.2, 0.25) is 0 Å². The van der Waals surface area contributed by atoms with Crippen molar-refractivity contribution in [2.75, 3.05) is 26.4 Å². The van der Waals surface area contributed by atoms with E-state index in [-0.39, 0.29) is 0 Å². The zero-order valence-electron chi connectivity index (χ0n) is 16.3. The van der Waals surface area contributed by atoms with E-state index >= 15 is 0 Å². The molecule has 4 nitrogen and oxygen atoms in total. The summed E-state index contributed by atoms with van der Waals surface area (Å²) < 4.78 is 10.4. The van der Waals surface area contributed by atoms with Gasteiger partial charge in [-0.2, -0.15) is 10.5 Å². The van der Waals surface area contributed by atoms with Crippen molar-refractivity contribution in [3.05, 3.63) is 0 Å². The molecule has 0 N–H and O–H groups in total. The lowest BCUT2D eigenvalue weighted by molar-refractivity contribution is 0.204. The van der Waals surface area contributed by atoms with Crippen LogP contribution in [0.1, 0.15) is 52.4 Å². The number of ether oxygens (including phenoxy) is 2. The summed E-state index contributed by atoms with van der Waals surface area (Å²) in [4.78, 5) is 0. The Morgan fingerprint density at radius 2 is 1.04 bits per heavy atom. The Labute approximate surface area is 164 Å². The van der Waals surface area contributed by atoms with Gasteiger partial charge in [-0.1, -0.05) is 23.7 Å². The molecule has 27 heavy (non-hydrogen) atoms. The van der Waals surface area contributed by atoms with E-state index < -0.39 is 5.41 Å². The second-order valence-electron chi connectivity index (χ2n) is 5.56. The molecule has 0 aliphatic heterocycles. The molecule has 140 valence electrons. The third kappa shape index (κ3) is 14.0. The summed E-state index contributed by atoms with van der Waals surface area (Å²) in [6, 6.07) is 4.36. The fourth-order valence-corrected chi connectivity index (χ4v) is 2.06. The van der Waals surface area contributed by atoms with Crippen molar-refractivity contribution in [3.63, 3.8) is 0 Å². The van der Waals surface area contributed by atoms with Crippen LogP contribution in [0.2, 0.25) is 0 Å². The van der Waals surface area contributed by atoms with E-state index in [4.69, 9.17) is 9.47 Å². The molecule has 0 rings (SSSR count). The highest BCUT2D eigenvalue weighted by Crippen LogP contribution is 2.29. The van der Waals surface area contributed by atoms with E-state index in [2.05, 4.69) is 59.5 Å². The summed E-state index contributed by atoms with van der Waals surface area (Å²) in [5, 5.41) is 18.8. The first-order valence-electron chi connectivity index (χ1n) is 8.93. The molecule has 0 bridgehead atoms. The Kier molecular flexibility index (Phi) is 16.0. The zero-order valence-corrected chi connectivity index (χ0v) is 16.3. The van der Waals surface area contributed by atoms with Crippen LogP contribution < -0.4 is 0 Å². The predicted octanol–water partition coefficient (Wildman–Crippen LogP) is 3.45. The number of unbranched alkanes of at least 4 members (excludes halogenated alkanes) is 2. The Balaban J connectivity index is 4.07. The summed E-state index contributed by atoms with van der Waals surface area (Å²) in [5.41, 5.74) is -0.955. The Morgan fingerprint density at radius 3 is 1.41 bits per heavy atom. The second-order valence-corrected chi connectivity index (χ2v) is 5.56. The van der Waals surface area contributed by atoms with Gasteiger partial charge in [0.15, 0.2) is 0 Å². The molecule has 0 aromatic rings. The molecule has 0 aromatic heterocycles. The number of hydrogen-bond donors (Lipinski definition) is 0. The van der Waals surface area contributed by atoms with E-state index in [1.54, 1.807) is 13.8 Å². The van der Waals surface area contributed by atoms with Crippen LogP contribution in [0.5, 0.6) is 0 Å². The van der Waals surface area contributed by atoms with Crippen molar-refractivity contribution >= 4 is 0 Å².